The van der Waals surface area contributed by atoms with E-state index in [-0.39, 0.29) is 41.9 Å². The number of hydrogen-bond donors (Lipinski definition) is 1. The number of hydrogen-bond acceptors (Lipinski definition) is 5. The Balaban J connectivity index is 1.72. The first-order chi connectivity index (χ1) is 11.9. The first-order valence-corrected chi connectivity index (χ1v) is 10.2. The molecule has 2 aliphatic rings. The number of benzene rings is 1. The molecule has 2 aliphatic heterocycles. The van der Waals surface area contributed by atoms with Gasteiger partial charge in [0, 0.05) is 18.5 Å². The Morgan fingerprint density at radius 3 is 2.60 bits per heavy atom. The molecule has 0 aliphatic carbocycles. The van der Waals surface area contributed by atoms with E-state index in [4.69, 9.17) is 0 Å². The van der Waals surface area contributed by atoms with E-state index in [1.54, 1.807) is 0 Å². The fourth-order valence-electron chi connectivity index (χ4n) is 3.02. The van der Waals surface area contributed by atoms with Gasteiger partial charge in [0.15, 0.2) is 9.84 Å². The normalized spacial score (nSPS) is 22.6. The van der Waals surface area contributed by atoms with Crippen molar-refractivity contribution in [3.05, 3.63) is 29.8 Å². The van der Waals surface area contributed by atoms with Crippen molar-refractivity contribution in [2.24, 2.45) is 5.10 Å². The molecule has 0 radical (unpaired) electrons. The minimum absolute atomic E-state index is 0.0578. The van der Waals surface area contributed by atoms with Crippen LogP contribution in [0.25, 0.3) is 0 Å². The molecule has 3 rings (SSSR count). The molecule has 7 nitrogen and oxygen atoms in total. The monoisotopic (exact) mass is 363 g/mol. The van der Waals surface area contributed by atoms with Crippen molar-refractivity contribution in [1.29, 1.82) is 0 Å². The Kier molecular flexibility index (Phi) is 4.89. The fraction of sp³-hybridized carbons (Fsp3) is 0.471. The van der Waals surface area contributed by atoms with Gasteiger partial charge in [0.2, 0.25) is 5.91 Å². The predicted molar refractivity (Wildman–Crippen MR) is 95.0 cm³/mol. The van der Waals surface area contributed by atoms with Crippen molar-refractivity contribution >= 4 is 33.1 Å². The second kappa shape index (κ2) is 6.95. The lowest BCUT2D eigenvalue weighted by Gasteiger charge is -2.27. The van der Waals surface area contributed by atoms with E-state index < -0.39 is 15.9 Å². The van der Waals surface area contributed by atoms with Crippen molar-refractivity contribution < 1.29 is 18.0 Å². The number of aryl methyl sites for hydroxylation is 1. The Morgan fingerprint density at radius 2 is 2.00 bits per heavy atom. The van der Waals surface area contributed by atoms with Gasteiger partial charge >= 0.3 is 0 Å². The SMILES string of the molecule is CCc1ccc(NC(=O)C2=NN(C3CCS(=O)(=O)C3)C(=O)CC2)cc1. The Morgan fingerprint density at radius 1 is 1.28 bits per heavy atom. The standard InChI is InChI=1S/C17H21N3O4S/c1-2-12-3-5-13(6-4-12)18-17(22)15-7-8-16(21)20(19-15)14-9-10-25(23,24)11-14/h3-6,14H,2,7-11H2,1H3,(H,18,22). The quantitative estimate of drug-likeness (QED) is 0.873. The highest BCUT2D eigenvalue weighted by molar-refractivity contribution is 7.91. The van der Waals surface area contributed by atoms with Gasteiger partial charge in [0.25, 0.3) is 5.91 Å². The molecule has 1 aromatic carbocycles. The van der Waals surface area contributed by atoms with Crippen molar-refractivity contribution in [1.82, 2.24) is 5.01 Å². The zero-order valence-corrected chi connectivity index (χ0v) is 14.9. The number of nitrogens with one attached hydrogen (secondary N) is 1. The van der Waals surface area contributed by atoms with Crippen molar-refractivity contribution in [3.8, 4) is 0 Å². The third-order valence-electron chi connectivity index (χ3n) is 4.50. The zero-order valence-electron chi connectivity index (χ0n) is 14.1. The van der Waals surface area contributed by atoms with Crippen LogP contribution in [-0.4, -0.2) is 48.5 Å². The minimum atomic E-state index is -3.12. The van der Waals surface area contributed by atoms with Gasteiger partial charge in [-0.25, -0.2) is 13.4 Å². The van der Waals surface area contributed by atoms with E-state index >= 15 is 0 Å². The van der Waals surface area contributed by atoms with E-state index in [1.807, 2.05) is 24.3 Å². The molecule has 1 atom stereocenters. The third-order valence-corrected chi connectivity index (χ3v) is 6.25. The molecule has 0 aromatic heterocycles. The summed E-state index contributed by atoms with van der Waals surface area (Å²) in [4.78, 5) is 24.5. The van der Waals surface area contributed by atoms with Gasteiger partial charge in [-0.3, -0.25) is 9.59 Å². The Bertz CT molecular complexity index is 815. The smallest absolute Gasteiger partial charge is 0.271 e. The highest BCUT2D eigenvalue weighted by Crippen LogP contribution is 2.22. The average Bonchev–Trinajstić information content (AvgIpc) is 2.95. The lowest BCUT2D eigenvalue weighted by atomic mass is 10.1. The summed E-state index contributed by atoms with van der Waals surface area (Å²) >= 11 is 0. The average molecular weight is 363 g/mol. The molecule has 1 aromatic rings. The highest BCUT2D eigenvalue weighted by Gasteiger charge is 2.37. The highest BCUT2D eigenvalue weighted by atomic mass is 32.2. The number of hydrazone groups is 1. The summed E-state index contributed by atoms with van der Waals surface area (Å²) < 4.78 is 23.3. The number of amides is 2. The van der Waals surface area contributed by atoms with Gasteiger partial charge in [-0.2, -0.15) is 5.10 Å². The molecule has 0 spiro atoms. The van der Waals surface area contributed by atoms with Crippen molar-refractivity contribution in [2.45, 2.75) is 38.6 Å². The van der Waals surface area contributed by atoms with E-state index in [2.05, 4.69) is 17.3 Å². The first kappa shape index (κ1) is 17.6. The number of carbonyl (C=O) groups excluding carboxylic acids is 2. The van der Waals surface area contributed by atoms with Crippen LogP contribution in [0.1, 0.15) is 31.7 Å². The molecule has 134 valence electrons. The van der Waals surface area contributed by atoms with Gasteiger partial charge in [0.1, 0.15) is 5.71 Å². The van der Waals surface area contributed by atoms with E-state index in [9.17, 15) is 18.0 Å². The van der Waals surface area contributed by atoms with E-state index in [1.165, 1.54) is 10.6 Å². The zero-order chi connectivity index (χ0) is 18.0. The molecule has 8 heteroatoms. The van der Waals surface area contributed by atoms with Gasteiger partial charge in [-0.1, -0.05) is 19.1 Å². The lowest BCUT2D eigenvalue weighted by molar-refractivity contribution is -0.133. The Labute approximate surface area is 147 Å². The van der Waals surface area contributed by atoms with E-state index in [0.29, 0.717) is 12.1 Å². The lowest BCUT2D eigenvalue weighted by Crippen LogP contribution is -2.42. The minimum Gasteiger partial charge on any atom is -0.321 e. The molecule has 1 saturated heterocycles. The summed E-state index contributed by atoms with van der Waals surface area (Å²) in [6.07, 6.45) is 1.71. The Hall–Kier alpha value is -2.22. The summed E-state index contributed by atoms with van der Waals surface area (Å²) in [5.74, 6) is -0.619. The van der Waals surface area contributed by atoms with Crippen LogP contribution in [-0.2, 0) is 25.8 Å². The second-order valence-electron chi connectivity index (χ2n) is 6.35. The van der Waals surface area contributed by atoms with Crippen LogP contribution < -0.4 is 5.32 Å². The molecule has 1 N–H and O–H groups in total. The topological polar surface area (TPSA) is 95.9 Å². The van der Waals surface area contributed by atoms with Gasteiger partial charge in [-0.15, -0.1) is 0 Å². The van der Waals surface area contributed by atoms with Crippen LogP contribution in [0.3, 0.4) is 0 Å². The van der Waals surface area contributed by atoms with Crippen LogP contribution in [0.5, 0.6) is 0 Å². The number of sulfone groups is 1. The molecule has 2 heterocycles. The summed E-state index contributed by atoms with van der Waals surface area (Å²) in [5.41, 5.74) is 2.09. The van der Waals surface area contributed by atoms with Gasteiger partial charge in [0.05, 0.1) is 17.5 Å². The molecule has 0 saturated carbocycles. The predicted octanol–water partition coefficient (Wildman–Crippen LogP) is 1.35. The third kappa shape index (κ3) is 4.07. The molecule has 1 unspecified atom stereocenters. The van der Waals surface area contributed by atoms with Gasteiger partial charge in [-0.05, 0) is 30.5 Å². The summed E-state index contributed by atoms with van der Waals surface area (Å²) in [6, 6.07) is 7.07. The number of rotatable bonds is 4. The maximum absolute atomic E-state index is 12.4. The maximum atomic E-state index is 12.4. The van der Waals surface area contributed by atoms with Crippen molar-refractivity contribution in [3.63, 3.8) is 0 Å². The van der Waals surface area contributed by atoms with Gasteiger partial charge < -0.3 is 5.32 Å². The molecular formula is C17H21N3O4S. The van der Waals surface area contributed by atoms with Crippen LogP contribution >= 0.6 is 0 Å². The van der Waals surface area contributed by atoms with Crippen LogP contribution in [0.15, 0.2) is 29.4 Å². The number of carbonyl (C=O) groups is 2. The van der Waals surface area contributed by atoms with Crippen LogP contribution in [0, 0.1) is 0 Å². The molecule has 1 fully saturated rings. The molecule has 0 bridgehead atoms. The van der Waals surface area contributed by atoms with Crippen molar-refractivity contribution in [2.75, 3.05) is 16.8 Å². The fourth-order valence-corrected chi connectivity index (χ4v) is 4.71. The molecule has 25 heavy (non-hydrogen) atoms. The maximum Gasteiger partial charge on any atom is 0.271 e. The number of nitrogens with zero attached hydrogens (tertiary/aromatic N) is 2. The first-order valence-electron chi connectivity index (χ1n) is 8.38. The van der Waals surface area contributed by atoms with Crippen LogP contribution in [0.2, 0.25) is 0 Å². The molecular weight excluding hydrogens is 342 g/mol. The second-order valence-corrected chi connectivity index (χ2v) is 8.58. The van der Waals surface area contributed by atoms with E-state index in [0.717, 1.165) is 6.42 Å². The number of anilines is 1. The molecule has 2 amide bonds. The largest absolute Gasteiger partial charge is 0.321 e. The summed E-state index contributed by atoms with van der Waals surface area (Å²) in [6.45, 7) is 2.05. The summed E-state index contributed by atoms with van der Waals surface area (Å²) in [5, 5.41) is 8.14. The van der Waals surface area contributed by atoms with Crippen LogP contribution in [0.4, 0.5) is 5.69 Å². The summed E-state index contributed by atoms with van der Waals surface area (Å²) in [7, 11) is -3.12.